The van der Waals surface area contributed by atoms with Crippen molar-refractivity contribution in [3.8, 4) is 11.6 Å². The van der Waals surface area contributed by atoms with Crippen LogP contribution in [0.1, 0.15) is 17.7 Å². The van der Waals surface area contributed by atoms with Gasteiger partial charge in [0.25, 0.3) is 0 Å². The van der Waals surface area contributed by atoms with Gasteiger partial charge in [-0.05, 0) is 43.0 Å². The largest absolute Gasteiger partial charge is 0.439 e. The number of amides is 2. The third-order valence-electron chi connectivity index (χ3n) is 4.51. The van der Waals surface area contributed by atoms with Crippen LogP contribution in [-0.4, -0.2) is 33.0 Å². The zero-order valence-corrected chi connectivity index (χ0v) is 15.0. The van der Waals surface area contributed by atoms with E-state index in [4.69, 9.17) is 4.74 Å². The van der Waals surface area contributed by atoms with E-state index in [-0.39, 0.29) is 6.04 Å². The number of carbonyl (C=O) groups is 2. The Hall–Kier alpha value is -3.68. The number of fused-ring (bicyclic) bond motifs is 1. The first-order valence-corrected chi connectivity index (χ1v) is 8.99. The Labute approximate surface area is 161 Å². The minimum Gasteiger partial charge on any atom is -0.439 e. The van der Waals surface area contributed by atoms with E-state index in [2.05, 4.69) is 25.8 Å². The van der Waals surface area contributed by atoms with Gasteiger partial charge in [-0.1, -0.05) is 12.1 Å². The average molecular weight is 377 g/mol. The van der Waals surface area contributed by atoms with Crippen LogP contribution in [0.5, 0.6) is 11.6 Å². The molecule has 0 aliphatic heterocycles. The highest BCUT2D eigenvalue weighted by Crippen LogP contribution is 2.22. The number of hydrogen-bond donors (Lipinski definition) is 3. The van der Waals surface area contributed by atoms with E-state index < -0.39 is 11.8 Å². The summed E-state index contributed by atoms with van der Waals surface area (Å²) in [5.74, 6) is -0.419. The van der Waals surface area contributed by atoms with Gasteiger partial charge in [-0.15, -0.1) is 0 Å². The number of ether oxygens (including phenoxy) is 1. The van der Waals surface area contributed by atoms with Crippen LogP contribution in [0, 0.1) is 0 Å². The summed E-state index contributed by atoms with van der Waals surface area (Å²) < 4.78 is 5.64. The predicted molar refractivity (Wildman–Crippen MR) is 102 cm³/mol. The normalized spacial score (nSPS) is 15.4. The lowest BCUT2D eigenvalue weighted by atomic mass is 9.93. The number of pyridine rings is 1. The second-order valence-corrected chi connectivity index (χ2v) is 6.54. The minimum atomic E-state index is -0.715. The summed E-state index contributed by atoms with van der Waals surface area (Å²) in [4.78, 5) is 28.6. The highest BCUT2D eigenvalue weighted by Gasteiger charge is 2.24. The van der Waals surface area contributed by atoms with E-state index in [1.165, 1.54) is 0 Å². The molecule has 8 heteroatoms. The van der Waals surface area contributed by atoms with Crippen molar-refractivity contribution < 1.29 is 14.3 Å². The van der Waals surface area contributed by atoms with Gasteiger partial charge in [-0.2, -0.15) is 5.10 Å². The monoisotopic (exact) mass is 377 g/mol. The topological polar surface area (TPSA) is 109 Å². The summed E-state index contributed by atoms with van der Waals surface area (Å²) in [5, 5.41) is 12.4. The van der Waals surface area contributed by atoms with Gasteiger partial charge in [0, 0.05) is 35.8 Å². The second kappa shape index (κ2) is 7.91. The number of aromatic amines is 1. The number of aromatic nitrogens is 3. The Morgan fingerprint density at radius 1 is 1.14 bits per heavy atom. The lowest BCUT2D eigenvalue weighted by Gasteiger charge is -2.22. The van der Waals surface area contributed by atoms with E-state index in [1.54, 1.807) is 48.8 Å². The fourth-order valence-electron chi connectivity index (χ4n) is 3.14. The van der Waals surface area contributed by atoms with Crippen molar-refractivity contribution in [3.05, 3.63) is 66.1 Å². The van der Waals surface area contributed by atoms with Crippen molar-refractivity contribution in [1.82, 2.24) is 20.5 Å². The molecule has 1 aromatic carbocycles. The van der Waals surface area contributed by atoms with Crippen LogP contribution in [0.3, 0.4) is 0 Å². The molecule has 0 saturated heterocycles. The minimum absolute atomic E-state index is 0.0813. The first-order valence-electron chi connectivity index (χ1n) is 8.99. The molecule has 0 fully saturated rings. The number of anilines is 1. The molecular formula is C20H19N5O3. The molecule has 0 radical (unpaired) electrons. The molecular weight excluding hydrogens is 358 g/mol. The second-order valence-electron chi connectivity index (χ2n) is 6.54. The highest BCUT2D eigenvalue weighted by molar-refractivity contribution is 6.39. The van der Waals surface area contributed by atoms with Crippen LogP contribution in [0.2, 0.25) is 0 Å². The summed E-state index contributed by atoms with van der Waals surface area (Å²) in [6, 6.07) is 12.1. The fourth-order valence-corrected chi connectivity index (χ4v) is 3.14. The Bertz CT molecular complexity index is 986. The predicted octanol–water partition coefficient (Wildman–Crippen LogP) is 2.21. The van der Waals surface area contributed by atoms with Crippen molar-refractivity contribution in [2.75, 3.05) is 5.32 Å². The van der Waals surface area contributed by atoms with Crippen LogP contribution in [0.25, 0.3) is 0 Å². The standard InChI is InChI=1S/C20H19N5O3/c26-19(20(27)24-15-7-8-17-13(10-15)12-22-25-17)23-14-4-3-5-16(11-14)28-18-6-1-2-9-21-18/h1-6,9,11-12,15H,7-8,10H2,(H,22,25)(H,23,26)(H,24,27). The maximum atomic E-state index is 12.3. The van der Waals surface area contributed by atoms with E-state index in [0.29, 0.717) is 23.7 Å². The van der Waals surface area contributed by atoms with Gasteiger partial charge < -0.3 is 15.4 Å². The smallest absolute Gasteiger partial charge is 0.313 e. The van der Waals surface area contributed by atoms with Gasteiger partial charge in [-0.25, -0.2) is 4.98 Å². The van der Waals surface area contributed by atoms with E-state index in [9.17, 15) is 9.59 Å². The van der Waals surface area contributed by atoms with Crippen molar-refractivity contribution in [2.24, 2.45) is 0 Å². The molecule has 8 nitrogen and oxygen atoms in total. The third kappa shape index (κ3) is 4.17. The molecule has 2 amide bonds. The number of H-pyrrole nitrogens is 1. The van der Waals surface area contributed by atoms with Crippen molar-refractivity contribution >= 4 is 17.5 Å². The van der Waals surface area contributed by atoms with Crippen LogP contribution < -0.4 is 15.4 Å². The number of carbonyl (C=O) groups excluding carboxylic acids is 2. The lowest BCUT2D eigenvalue weighted by molar-refractivity contribution is -0.136. The Kier molecular flexibility index (Phi) is 5.01. The number of aryl methyl sites for hydroxylation is 1. The van der Waals surface area contributed by atoms with Gasteiger partial charge in [0.1, 0.15) is 5.75 Å². The molecule has 142 valence electrons. The highest BCUT2D eigenvalue weighted by atomic mass is 16.5. The Balaban J connectivity index is 1.34. The molecule has 4 rings (SSSR count). The molecule has 1 unspecified atom stereocenters. The van der Waals surface area contributed by atoms with Crippen LogP contribution in [-0.2, 0) is 22.4 Å². The lowest BCUT2D eigenvalue weighted by Crippen LogP contribution is -2.44. The number of rotatable bonds is 4. The average Bonchev–Trinajstić information content (AvgIpc) is 3.17. The van der Waals surface area contributed by atoms with Crippen molar-refractivity contribution in [3.63, 3.8) is 0 Å². The van der Waals surface area contributed by atoms with Gasteiger partial charge >= 0.3 is 11.8 Å². The summed E-state index contributed by atoms with van der Waals surface area (Å²) in [6.45, 7) is 0. The SMILES string of the molecule is O=C(Nc1cccc(Oc2ccccn2)c1)C(=O)NC1CCc2[nH]ncc2C1. The molecule has 0 saturated carbocycles. The summed E-state index contributed by atoms with van der Waals surface area (Å²) in [7, 11) is 0. The number of nitrogens with one attached hydrogen (secondary N) is 3. The zero-order valence-electron chi connectivity index (χ0n) is 15.0. The maximum absolute atomic E-state index is 12.3. The van der Waals surface area contributed by atoms with Gasteiger partial charge in [0.05, 0.1) is 6.20 Å². The molecule has 28 heavy (non-hydrogen) atoms. The molecule has 0 spiro atoms. The van der Waals surface area contributed by atoms with Crippen LogP contribution >= 0.6 is 0 Å². The molecule has 1 aliphatic rings. The van der Waals surface area contributed by atoms with Gasteiger partial charge in [0.2, 0.25) is 5.88 Å². The van der Waals surface area contributed by atoms with Crippen molar-refractivity contribution in [2.45, 2.75) is 25.3 Å². The quantitative estimate of drug-likeness (QED) is 0.604. The third-order valence-corrected chi connectivity index (χ3v) is 4.51. The number of hydrogen-bond acceptors (Lipinski definition) is 5. The van der Waals surface area contributed by atoms with Crippen molar-refractivity contribution in [1.29, 1.82) is 0 Å². The van der Waals surface area contributed by atoms with E-state index in [1.807, 2.05) is 6.07 Å². The summed E-state index contributed by atoms with van der Waals surface area (Å²) in [5.41, 5.74) is 2.64. The molecule has 3 aromatic rings. The van der Waals surface area contributed by atoms with Gasteiger partial charge in [0.15, 0.2) is 0 Å². The van der Waals surface area contributed by atoms with E-state index >= 15 is 0 Å². The molecule has 2 aromatic heterocycles. The summed E-state index contributed by atoms with van der Waals surface area (Å²) in [6.07, 6.45) is 5.62. The molecule has 1 atom stereocenters. The number of nitrogens with zero attached hydrogens (tertiary/aromatic N) is 2. The molecule has 1 aliphatic carbocycles. The molecule has 0 bridgehead atoms. The maximum Gasteiger partial charge on any atom is 0.313 e. The fraction of sp³-hybridized carbons (Fsp3) is 0.200. The first kappa shape index (κ1) is 17.7. The van der Waals surface area contributed by atoms with Crippen LogP contribution in [0.15, 0.2) is 54.9 Å². The molecule has 3 N–H and O–H groups in total. The van der Waals surface area contributed by atoms with Gasteiger partial charge in [-0.3, -0.25) is 14.7 Å². The Morgan fingerprint density at radius 2 is 2.07 bits per heavy atom. The number of benzene rings is 1. The van der Waals surface area contributed by atoms with Crippen LogP contribution in [0.4, 0.5) is 5.69 Å². The Morgan fingerprint density at radius 3 is 2.93 bits per heavy atom. The zero-order chi connectivity index (χ0) is 19.3. The first-order chi connectivity index (χ1) is 13.7. The summed E-state index contributed by atoms with van der Waals surface area (Å²) >= 11 is 0. The molecule has 2 heterocycles. The van der Waals surface area contributed by atoms with E-state index in [0.717, 1.165) is 24.1 Å².